The molecule has 0 spiro atoms. The summed E-state index contributed by atoms with van der Waals surface area (Å²) in [5.41, 5.74) is 1.97. The molecule has 2 aromatic rings. The number of hydrogen-bond donors (Lipinski definition) is 0. The fourth-order valence-electron chi connectivity index (χ4n) is 4.02. The van der Waals surface area contributed by atoms with Crippen LogP contribution in [-0.4, -0.2) is 61.1 Å². The minimum Gasteiger partial charge on any atom is -0.385 e. The first-order chi connectivity index (χ1) is 13.5. The summed E-state index contributed by atoms with van der Waals surface area (Å²) in [5, 5.41) is 0. The van der Waals surface area contributed by atoms with Gasteiger partial charge in [-0.1, -0.05) is 36.4 Å². The number of nitrogens with zero attached hydrogens (tertiary/aromatic N) is 2. The number of piperazine rings is 1. The van der Waals surface area contributed by atoms with Crippen molar-refractivity contribution in [3.63, 3.8) is 0 Å². The zero-order valence-corrected chi connectivity index (χ0v) is 16.9. The summed E-state index contributed by atoms with van der Waals surface area (Å²) in [6.45, 7) is 7.13. The summed E-state index contributed by atoms with van der Waals surface area (Å²) < 4.78 is 19.6. The molecule has 150 valence electrons. The molecule has 1 aliphatic rings. The summed E-state index contributed by atoms with van der Waals surface area (Å²) in [6.07, 6.45) is 0.965. The zero-order valence-electron chi connectivity index (χ0n) is 16.9. The average Bonchev–Trinajstić information content (AvgIpc) is 2.70. The molecule has 0 aliphatic carbocycles. The quantitative estimate of drug-likeness (QED) is 0.704. The van der Waals surface area contributed by atoms with Crippen molar-refractivity contribution in [2.75, 3.05) is 33.4 Å². The van der Waals surface area contributed by atoms with Crippen molar-refractivity contribution in [1.29, 1.82) is 0 Å². The van der Waals surface area contributed by atoms with E-state index in [1.807, 2.05) is 30.3 Å². The summed E-state index contributed by atoms with van der Waals surface area (Å²) in [6, 6.07) is 15.0. The van der Waals surface area contributed by atoms with Gasteiger partial charge in [-0.05, 0) is 43.5 Å². The summed E-state index contributed by atoms with van der Waals surface area (Å²) in [7, 11) is 1.71. The largest absolute Gasteiger partial charge is 0.385 e. The normalized spacial score (nSPS) is 20.4. The summed E-state index contributed by atoms with van der Waals surface area (Å²) in [5.74, 6) is -0.696. The summed E-state index contributed by atoms with van der Waals surface area (Å²) >= 11 is 0. The molecular formula is C23H29FN2O2. The van der Waals surface area contributed by atoms with Gasteiger partial charge in [0.15, 0.2) is 0 Å². The molecule has 1 heterocycles. The number of carbonyl (C=O) groups excluding carboxylic acids is 1. The number of rotatable bonds is 6. The molecule has 0 aromatic heterocycles. The van der Waals surface area contributed by atoms with Crippen molar-refractivity contribution in [3.8, 4) is 11.1 Å². The molecule has 2 aromatic carbocycles. The molecule has 2 unspecified atom stereocenters. The highest BCUT2D eigenvalue weighted by atomic mass is 19.1. The predicted octanol–water partition coefficient (Wildman–Crippen LogP) is 4.06. The van der Waals surface area contributed by atoms with Crippen molar-refractivity contribution in [2.45, 2.75) is 32.4 Å². The molecular weight excluding hydrogens is 355 g/mol. The van der Waals surface area contributed by atoms with Gasteiger partial charge in [0.1, 0.15) is 5.82 Å². The highest BCUT2D eigenvalue weighted by molar-refractivity contribution is 5.96. The van der Waals surface area contributed by atoms with Crippen LogP contribution in [0.3, 0.4) is 0 Å². The van der Waals surface area contributed by atoms with Crippen molar-refractivity contribution >= 4 is 5.91 Å². The molecule has 1 fully saturated rings. The van der Waals surface area contributed by atoms with Gasteiger partial charge in [0.05, 0.1) is 5.56 Å². The molecule has 0 N–H and O–H groups in total. The molecule has 4 nitrogen and oxygen atoms in total. The fourth-order valence-corrected chi connectivity index (χ4v) is 4.02. The minimum atomic E-state index is -0.465. The van der Waals surface area contributed by atoms with Crippen LogP contribution in [0.2, 0.25) is 0 Å². The third-order valence-corrected chi connectivity index (χ3v) is 5.46. The lowest BCUT2D eigenvalue weighted by atomic mass is 10.0. The second-order valence-electron chi connectivity index (χ2n) is 7.55. The van der Waals surface area contributed by atoms with Crippen LogP contribution in [0.25, 0.3) is 11.1 Å². The molecule has 1 saturated heterocycles. The van der Waals surface area contributed by atoms with Gasteiger partial charge in [0.2, 0.25) is 0 Å². The van der Waals surface area contributed by atoms with Gasteiger partial charge in [-0.25, -0.2) is 4.39 Å². The maximum Gasteiger partial charge on any atom is 0.256 e. The molecule has 0 radical (unpaired) electrons. The van der Waals surface area contributed by atoms with Gasteiger partial charge in [-0.3, -0.25) is 9.69 Å². The lowest BCUT2D eigenvalue weighted by molar-refractivity contribution is 0.0267. The van der Waals surface area contributed by atoms with Crippen molar-refractivity contribution in [3.05, 3.63) is 59.9 Å². The van der Waals surface area contributed by atoms with Gasteiger partial charge in [-0.15, -0.1) is 0 Å². The lowest BCUT2D eigenvalue weighted by Gasteiger charge is -2.44. The SMILES string of the molecule is COCCCN1C(C)CN(C(=O)c2cc(-c3ccccc3)ccc2F)CC1C. The van der Waals surface area contributed by atoms with Gasteiger partial charge < -0.3 is 9.64 Å². The Morgan fingerprint density at radius 2 is 1.75 bits per heavy atom. The van der Waals surface area contributed by atoms with Crippen LogP contribution in [0.15, 0.2) is 48.5 Å². The van der Waals surface area contributed by atoms with E-state index in [-0.39, 0.29) is 23.6 Å². The van der Waals surface area contributed by atoms with E-state index in [0.29, 0.717) is 13.1 Å². The second-order valence-corrected chi connectivity index (χ2v) is 7.55. The standard InChI is InChI=1S/C23H29FN2O2/c1-17-15-25(16-18(2)26(17)12-7-13-28-3)23(27)21-14-20(10-11-22(21)24)19-8-5-4-6-9-19/h4-6,8-11,14,17-18H,7,12-13,15-16H2,1-3H3. The average molecular weight is 384 g/mol. The third-order valence-electron chi connectivity index (χ3n) is 5.46. The highest BCUT2D eigenvalue weighted by Gasteiger charge is 2.32. The van der Waals surface area contributed by atoms with E-state index in [9.17, 15) is 9.18 Å². The number of methoxy groups -OCH3 is 1. The smallest absolute Gasteiger partial charge is 0.256 e. The Hall–Kier alpha value is -2.24. The van der Waals surface area contributed by atoms with Gasteiger partial charge in [-0.2, -0.15) is 0 Å². The van der Waals surface area contributed by atoms with Gasteiger partial charge >= 0.3 is 0 Å². The monoisotopic (exact) mass is 384 g/mol. The Morgan fingerprint density at radius 3 is 2.39 bits per heavy atom. The van der Waals surface area contributed by atoms with E-state index < -0.39 is 5.82 Å². The first kappa shape index (κ1) is 20.5. The van der Waals surface area contributed by atoms with E-state index in [1.54, 1.807) is 24.1 Å². The molecule has 1 amide bonds. The molecule has 28 heavy (non-hydrogen) atoms. The Kier molecular flexibility index (Phi) is 6.81. The molecule has 5 heteroatoms. The lowest BCUT2D eigenvalue weighted by Crippen LogP contribution is -2.58. The van der Waals surface area contributed by atoms with Crippen molar-refractivity contribution < 1.29 is 13.9 Å². The van der Waals surface area contributed by atoms with Gasteiger partial charge in [0, 0.05) is 45.4 Å². The van der Waals surface area contributed by atoms with E-state index in [2.05, 4.69) is 18.7 Å². The first-order valence-electron chi connectivity index (χ1n) is 9.90. The molecule has 0 bridgehead atoms. The Labute approximate surface area is 166 Å². The number of carbonyl (C=O) groups is 1. The summed E-state index contributed by atoms with van der Waals surface area (Å²) in [4.78, 5) is 17.3. The topological polar surface area (TPSA) is 32.8 Å². The second kappa shape index (κ2) is 9.30. The van der Waals surface area contributed by atoms with Crippen LogP contribution in [0.1, 0.15) is 30.6 Å². The van der Waals surface area contributed by atoms with E-state index in [4.69, 9.17) is 4.74 Å². The molecule has 1 aliphatic heterocycles. The van der Waals surface area contributed by atoms with Crippen molar-refractivity contribution in [2.24, 2.45) is 0 Å². The number of benzene rings is 2. The van der Waals surface area contributed by atoms with Crippen LogP contribution >= 0.6 is 0 Å². The predicted molar refractivity (Wildman–Crippen MR) is 110 cm³/mol. The van der Waals surface area contributed by atoms with E-state index in [0.717, 1.165) is 30.7 Å². The Morgan fingerprint density at radius 1 is 1.07 bits per heavy atom. The van der Waals surface area contributed by atoms with Crippen LogP contribution < -0.4 is 0 Å². The van der Waals surface area contributed by atoms with Crippen LogP contribution in [0.5, 0.6) is 0 Å². The first-order valence-corrected chi connectivity index (χ1v) is 9.90. The van der Waals surface area contributed by atoms with Crippen LogP contribution in [0.4, 0.5) is 4.39 Å². The minimum absolute atomic E-state index is 0.147. The number of ether oxygens (including phenoxy) is 1. The maximum absolute atomic E-state index is 14.5. The van der Waals surface area contributed by atoms with Crippen LogP contribution in [-0.2, 0) is 4.74 Å². The Bertz CT molecular complexity index is 784. The van der Waals surface area contributed by atoms with E-state index in [1.165, 1.54) is 6.07 Å². The number of hydrogen-bond acceptors (Lipinski definition) is 3. The van der Waals surface area contributed by atoms with Gasteiger partial charge in [0.25, 0.3) is 5.91 Å². The van der Waals surface area contributed by atoms with Crippen molar-refractivity contribution in [1.82, 2.24) is 9.80 Å². The number of amides is 1. The highest BCUT2D eigenvalue weighted by Crippen LogP contribution is 2.24. The molecule has 0 saturated carbocycles. The maximum atomic E-state index is 14.5. The third kappa shape index (κ3) is 4.59. The molecule has 2 atom stereocenters. The van der Waals surface area contributed by atoms with E-state index >= 15 is 0 Å². The Balaban J connectivity index is 1.76. The molecule has 3 rings (SSSR count). The number of halogens is 1. The fraction of sp³-hybridized carbons (Fsp3) is 0.435. The van der Waals surface area contributed by atoms with Crippen LogP contribution in [0, 0.1) is 5.82 Å². The zero-order chi connectivity index (χ0) is 20.1.